The van der Waals surface area contributed by atoms with Gasteiger partial charge in [0.2, 0.25) is 0 Å². The third-order valence-electron chi connectivity index (χ3n) is 10.9. The molecule has 0 amide bonds. The summed E-state index contributed by atoms with van der Waals surface area (Å²) in [4.78, 5) is 20.0. The number of rotatable bonds is 7. The lowest BCUT2D eigenvalue weighted by Crippen LogP contribution is -2.10. The largest absolute Gasteiger partial charge is 0.416 e. The molecule has 0 fully saturated rings. The summed E-state index contributed by atoms with van der Waals surface area (Å²) in [5.41, 5.74) is 5.92. The van der Waals surface area contributed by atoms with Gasteiger partial charge < -0.3 is 4.57 Å². The Morgan fingerprint density at radius 3 is 1.14 bits per heavy atom. The van der Waals surface area contributed by atoms with Crippen molar-refractivity contribution in [3.05, 3.63) is 199 Å². The normalized spacial score (nSPS) is 11.4. The summed E-state index contributed by atoms with van der Waals surface area (Å²) in [5, 5.41) is 21.3. The first-order chi connectivity index (χ1) is 30.7. The first-order valence-corrected chi connectivity index (χ1v) is 19.9. The third-order valence-corrected chi connectivity index (χ3v) is 10.9. The van der Waals surface area contributed by atoms with Crippen LogP contribution in [0.1, 0.15) is 16.7 Å². The Bertz CT molecular complexity index is 3110. The zero-order valence-corrected chi connectivity index (χ0v) is 33.1. The maximum atomic E-state index is 15.6. The average molecular weight is 822 g/mol. The Kier molecular flexibility index (Phi) is 9.59. The van der Waals surface area contributed by atoms with Crippen molar-refractivity contribution < 1.29 is 13.2 Å². The van der Waals surface area contributed by atoms with Gasteiger partial charge in [0.15, 0.2) is 11.6 Å². The predicted molar refractivity (Wildman–Crippen MR) is 239 cm³/mol. The van der Waals surface area contributed by atoms with Gasteiger partial charge in [-0.1, -0.05) is 121 Å². The molecule has 0 radical (unpaired) electrons. The maximum absolute atomic E-state index is 15.6. The summed E-state index contributed by atoms with van der Waals surface area (Å²) in [5.74, 6) is 0.632. The van der Waals surface area contributed by atoms with Crippen molar-refractivity contribution in [2.75, 3.05) is 0 Å². The summed E-state index contributed by atoms with van der Waals surface area (Å²) in [6.45, 7) is 0. The standard InChI is InChI=1S/C53H30F3N7/c54-53(55,56)39-27-42(46-29-44(35-13-5-1-6-14-35)59-51(61-46)37-17-9-3-10-18-37)50(63-48-23-21-33(31-57)25-40(48)41-26-34(32-58)22-24-49(41)63)43(28-39)47-30-45(36-15-7-2-8-16-36)60-52(62-47)38-19-11-4-12-20-38/h1-30H. The number of halogens is 3. The van der Waals surface area contributed by atoms with Crippen molar-refractivity contribution in [3.63, 3.8) is 0 Å². The van der Waals surface area contributed by atoms with Crippen molar-refractivity contribution in [2.24, 2.45) is 0 Å². The number of hydrogen-bond donors (Lipinski definition) is 0. The maximum Gasteiger partial charge on any atom is 0.416 e. The van der Waals surface area contributed by atoms with Crippen LogP contribution in [-0.2, 0) is 6.18 Å². The topological polar surface area (TPSA) is 104 Å². The number of fused-ring (bicyclic) bond motifs is 3. The molecule has 10 aromatic rings. The molecule has 10 rings (SSSR count). The van der Waals surface area contributed by atoms with Gasteiger partial charge in [0.1, 0.15) is 0 Å². The van der Waals surface area contributed by atoms with Gasteiger partial charge in [-0.05, 0) is 60.7 Å². The molecule has 3 heterocycles. The Balaban J connectivity index is 1.40. The lowest BCUT2D eigenvalue weighted by Gasteiger charge is -2.22. The minimum absolute atomic E-state index is 0.144. The van der Waals surface area contributed by atoms with E-state index < -0.39 is 11.7 Å². The Morgan fingerprint density at radius 1 is 0.413 bits per heavy atom. The molecule has 3 aromatic heterocycles. The van der Waals surface area contributed by atoms with Crippen LogP contribution in [0.25, 0.3) is 95.3 Å². The summed E-state index contributed by atoms with van der Waals surface area (Å²) >= 11 is 0. The fourth-order valence-electron chi connectivity index (χ4n) is 7.95. The van der Waals surface area contributed by atoms with E-state index >= 15 is 13.2 Å². The number of benzene rings is 7. The van der Waals surface area contributed by atoms with Crippen LogP contribution < -0.4 is 0 Å². The van der Waals surface area contributed by atoms with E-state index in [9.17, 15) is 10.5 Å². The molecular formula is C53H30F3N7. The summed E-state index contributed by atoms with van der Waals surface area (Å²) < 4.78 is 48.6. The quantitative estimate of drug-likeness (QED) is 0.159. The summed E-state index contributed by atoms with van der Waals surface area (Å²) in [6, 6.07) is 57.9. The molecule has 298 valence electrons. The molecule has 0 atom stereocenters. The van der Waals surface area contributed by atoms with E-state index in [1.807, 2.05) is 126 Å². The van der Waals surface area contributed by atoms with Gasteiger partial charge in [0.25, 0.3) is 0 Å². The highest BCUT2D eigenvalue weighted by atomic mass is 19.4. The Labute approximate surface area is 359 Å². The molecule has 0 aliphatic carbocycles. The summed E-state index contributed by atoms with van der Waals surface area (Å²) in [7, 11) is 0. The lowest BCUT2D eigenvalue weighted by molar-refractivity contribution is -0.137. The van der Waals surface area contributed by atoms with Gasteiger partial charge in [-0.2, -0.15) is 23.7 Å². The van der Waals surface area contributed by atoms with Crippen molar-refractivity contribution >= 4 is 21.8 Å². The number of nitrogens with zero attached hydrogens (tertiary/aromatic N) is 7. The third kappa shape index (κ3) is 7.22. The second-order valence-corrected chi connectivity index (χ2v) is 14.8. The van der Waals surface area contributed by atoms with Crippen LogP contribution in [0.2, 0.25) is 0 Å². The molecular weight excluding hydrogens is 792 g/mol. The molecule has 0 aliphatic heterocycles. The molecule has 0 unspecified atom stereocenters. The van der Waals surface area contributed by atoms with E-state index in [1.54, 1.807) is 48.5 Å². The van der Waals surface area contributed by atoms with Crippen LogP contribution in [0.5, 0.6) is 0 Å². The van der Waals surface area contributed by atoms with Gasteiger partial charge in [0.05, 0.1) is 68.3 Å². The smallest absolute Gasteiger partial charge is 0.308 e. The van der Waals surface area contributed by atoms with Crippen LogP contribution in [0, 0.1) is 22.7 Å². The Hall–Kier alpha value is -8.73. The van der Waals surface area contributed by atoms with E-state index in [-0.39, 0.29) is 22.5 Å². The second kappa shape index (κ2) is 15.7. The molecule has 0 N–H and O–H groups in total. The molecule has 0 saturated carbocycles. The number of alkyl halides is 3. The first-order valence-electron chi connectivity index (χ1n) is 19.9. The molecule has 10 heteroatoms. The molecule has 0 spiro atoms. The average Bonchev–Trinajstić information content (AvgIpc) is 3.66. The molecule has 7 nitrogen and oxygen atoms in total. The van der Waals surface area contributed by atoms with E-state index in [4.69, 9.17) is 19.9 Å². The number of nitriles is 2. The van der Waals surface area contributed by atoms with Gasteiger partial charge >= 0.3 is 6.18 Å². The first kappa shape index (κ1) is 38.5. The van der Waals surface area contributed by atoms with E-state index in [0.29, 0.717) is 72.8 Å². The molecule has 7 aromatic carbocycles. The highest BCUT2D eigenvalue weighted by Crippen LogP contribution is 2.46. The van der Waals surface area contributed by atoms with Crippen LogP contribution in [0.15, 0.2) is 182 Å². The van der Waals surface area contributed by atoms with Crippen LogP contribution in [0.3, 0.4) is 0 Å². The minimum atomic E-state index is -4.80. The van der Waals surface area contributed by atoms with Crippen molar-refractivity contribution in [2.45, 2.75) is 6.18 Å². The van der Waals surface area contributed by atoms with Crippen molar-refractivity contribution in [3.8, 4) is 85.6 Å². The monoisotopic (exact) mass is 821 g/mol. The van der Waals surface area contributed by atoms with Gasteiger partial charge in [-0.25, -0.2) is 19.9 Å². The number of aromatic nitrogens is 5. The predicted octanol–water partition coefficient (Wildman–Crippen LogP) is 13.1. The van der Waals surface area contributed by atoms with E-state index in [0.717, 1.165) is 23.3 Å². The van der Waals surface area contributed by atoms with E-state index in [1.165, 1.54) is 0 Å². The molecule has 63 heavy (non-hydrogen) atoms. The van der Waals surface area contributed by atoms with Crippen LogP contribution in [0.4, 0.5) is 13.2 Å². The zero-order valence-electron chi connectivity index (χ0n) is 33.1. The fraction of sp³-hybridized carbons (Fsp3) is 0.0189. The zero-order chi connectivity index (χ0) is 43.1. The van der Waals surface area contributed by atoms with Crippen LogP contribution in [-0.4, -0.2) is 24.5 Å². The second-order valence-electron chi connectivity index (χ2n) is 14.8. The van der Waals surface area contributed by atoms with Gasteiger partial charge in [0, 0.05) is 44.2 Å². The summed E-state index contributed by atoms with van der Waals surface area (Å²) in [6.07, 6.45) is -4.80. The van der Waals surface area contributed by atoms with Gasteiger partial charge in [-0.3, -0.25) is 0 Å². The fourth-order valence-corrected chi connectivity index (χ4v) is 7.95. The SMILES string of the molecule is N#Cc1ccc2c(c1)c1cc(C#N)ccc1n2-c1c(-c2cc(-c3ccccc3)nc(-c3ccccc3)n2)cc(C(F)(F)F)cc1-c1cc(-c2ccccc2)nc(-c2ccccc2)n1. The van der Waals surface area contributed by atoms with Crippen LogP contribution >= 0.6 is 0 Å². The Morgan fingerprint density at radius 2 is 0.778 bits per heavy atom. The van der Waals surface area contributed by atoms with Crippen molar-refractivity contribution in [1.82, 2.24) is 24.5 Å². The lowest BCUT2D eigenvalue weighted by atomic mass is 9.95. The van der Waals surface area contributed by atoms with Crippen molar-refractivity contribution in [1.29, 1.82) is 10.5 Å². The number of hydrogen-bond acceptors (Lipinski definition) is 6. The van der Waals surface area contributed by atoms with Gasteiger partial charge in [-0.15, -0.1) is 0 Å². The molecule has 0 bridgehead atoms. The molecule has 0 saturated heterocycles. The highest BCUT2D eigenvalue weighted by Gasteiger charge is 2.34. The minimum Gasteiger partial charge on any atom is -0.308 e. The molecule has 0 aliphatic rings. The van der Waals surface area contributed by atoms with E-state index in [2.05, 4.69) is 12.1 Å². The highest BCUT2D eigenvalue weighted by molar-refractivity contribution is 6.11.